The van der Waals surface area contributed by atoms with Crippen molar-refractivity contribution in [3.05, 3.63) is 55.8 Å². The lowest BCUT2D eigenvalue weighted by Crippen LogP contribution is -1.89. The van der Waals surface area contributed by atoms with Gasteiger partial charge in [-0.05, 0) is 30.3 Å². The minimum Gasteiger partial charge on any atom is -0.493 e. The number of benzene rings is 2. The zero-order valence-corrected chi connectivity index (χ0v) is 16.7. The summed E-state index contributed by atoms with van der Waals surface area (Å²) in [7, 11) is 0. The summed E-state index contributed by atoms with van der Waals surface area (Å²) in [4.78, 5) is 15.5. The number of hydrogen-bond acceptors (Lipinski definition) is 4. The summed E-state index contributed by atoms with van der Waals surface area (Å²) >= 11 is 16.8. The molecule has 0 saturated heterocycles. The van der Waals surface area contributed by atoms with E-state index in [1.54, 1.807) is 30.3 Å². The van der Waals surface area contributed by atoms with Crippen LogP contribution >= 0.6 is 50.5 Å². The molecule has 1 amide bonds. The van der Waals surface area contributed by atoms with Crippen molar-refractivity contribution in [1.29, 1.82) is 0 Å². The number of aromatic nitrogens is 1. The molecular formula is C17H8BrCl2N3O2S. The van der Waals surface area contributed by atoms with Gasteiger partial charge in [0.25, 0.3) is 0 Å². The number of carbonyl (C=O) groups excluding carboxylic acids is 1. The molecule has 0 saturated carbocycles. The lowest BCUT2D eigenvalue weighted by molar-refractivity contribution is 0.0999. The Hall–Kier alpha value is -1.93. The van der Waals surface area contributed by atoms with Gasteiger partial charge in [-0.2, -0.15) is 0 Å². The number of nitrogens with zero attached hydrogens (tertiary/aromatic N) is 2. The highest BCUT2D eigenvalue weighted by molar-refractivity contribution is 9.10. The third-order valence-corrected chi connectivity index (χ3v) is 6.11. The van der Waals surface area contributed by atoms with Crippen molar-refractivity contribution < 1.29 is 9.90 Å². The summed E-state index contributed by atoms with van der Waals surface area (Å²) in [5.41, 5.74) is 0.872. The van der Waals surface area contributed by atoms with Crippen LogP contribution in [0.4, 0.5) is 5.69 Å². The monoisotopic (exact) mass is 467 g/mol. The molecule has 9 heteroatoms. The van der Waals surface area contributed by atoms with E-state index in [0.29, 0.717) is 20.9 Å². The quantitative estimate of drug-likeness (QED) is 0.308. The Labute approximate surface area is 169 Å². The number of amides is 1. The first-order chi connectivity index (χ1) is 12.4. The number of H-pyrrole nitrogens is 1. The molecule has 2 aromatic carbocycles. The number of fused-ring (bicyclic) bond motifs is 2. The Balaban J connectivity index is 1.74. The van der Waals surface area contributed by atoms with Gasteiger partial charge in [0, 0.05) is 25.0 Å². The number of thiophene rings is 1. The smallest absolute Gasteiger partial charge is 0.307 e. The van der Waals surface area contributed by atoms with E-state index in [0.717, 1.165) is 14.6 Å². The molecule has 4 rings (SSSR count). The van der Waals surface area contributed by atoms with Crippen LogP contribution in [-0.4, -0.2) is 16.0 Å². The van der Waals surface area contributed by atoms with Crippen molar-refractivity contribution in [2.24, 2.45) is 10.2 Å². The predicted molar refractivity (Wildman–Crippen MR) is 108 cm³/mol. The van der Waals surface area contributed by atoms with Gasteiger partial charge in [-0.3, -0.25) is 4.79 Å². The fourth-order valence-electron chi connectivity index (χ4n) is 2.55. The van der Waals surface area contributed by atoms with Gasteiger partial charge in [0.05, 0.1) is 10.5 Å². The van der Waals surface area contributed by atoms with E-state index in [1.165, 1.54) is 11.3 Å². The zero-order chi connectivity index (χ0) is 18.4. The van der Waals surface area contributed by atoms with Gasteiger partial charge in [0.1, 0.15) is 4.88 Å². The number of rotatable bonds is 2. The first-order valence-corrected chi connectivity index (χ1v) is 9.64. The molecule has 2 heterocycles. The topological polar surface area (TPSA) is 77.8 Å². The number of nitrogens with one attached hydrogen (secondary N) is 1. The normalized spacial score (nSPS) is 11.8. The molecule has 0 spiro atoms. The minimum atomic E-state index is -0.587. The van der Waals surface area contributed by atoms with Gasteiger partial charge in [0.15, 0.2) is 5.69 Å². The average molecular weight is 469 g/mol. The van der Waals surface area contributed by atoms with Crippen LogP contribution in [0, 0.1) is 0 Å². The first-order valence-electron chi connectivity index (χ1n) is 7.28. The van der Waals surface area contributed by atoms with Crippen LogP contribution in [0.2, 0.25) is 10.0 Å². The third-order valence-electron chi connectivity index (χ3n) is 3.74. The molecule has 0 aliphatic heterocycles. The first kappa shape index (κ1) is 17.5. The Kier molecular flexibility index (Phi) is 4.48. The highest BCUT2D eigenvalue weighted by atomic mass is 79.9. The van der Waals surface area contributed by atoms with Crippen molar-refractivity contribution in [3.63, 3.8) is 0 Å². The van der Waals surface area contributed by atoms with Crippen LogP contribution in [-0.2, 0) is 0 Å². The number of hydrogen-bond donors (Lipinski definition) is 2. The fourth-order valence-corrected chi connectivity index (χ4v) is 4.58. The van der Waals surface area contributed by atoms with Crippen LogP contribution in [0.25, 0.3) is 21.0 Å². The number of halogens is 3. The second-order valence-electron chi connectivity index (χ2n) is 5.40. The maximum absolute atomic E-state index is 12.5. The number of azo groups is 1. The Bertz CT molecular complexity index is 1220. The molecule has 0 aliphatic rings. The molecule has 130 valence electrons. The molecule has 2 aromatic heterocycles. The van der Waals surface area contributed by atoms with Gasteiger partial charge >= 0.3 is 5.91 Å². The van der Waals surface area contributed by atoms with Crippen molar-refractivity contribution in [2.45, 2.75) is 0 Å². The van der Waals surface area contributed by atoms with E-state index in [2.05, 4.69) is 31.1 Å². The predicted octanol–water partition coefficient (Wildman–Crippen LogP) is 7.08. The van der Waals surface area contributed by atoms with Crippen molar-refractivity contribution in [1.82, 2.24) is 4.98 Å². The highest BCUT2D eigenvalue weighted by Crippen LogP contribution is 2.39. The minimum absolute atomic E-state index is 0.163. The van der Waals surface area contributed by atoms with Crippen LogP contribution in [0.1, 0.15) is 9.67 Å². The van der Waals surface area contributed by atoms with Crippen molar-refractivity contribution >= 4 is 83.1 Å². The molecule has 0 bridgehead atoms. The number of aromatic amines is 1. The summed E-state index contributed by atoms with van der Waals surface area (Å²) in [5.74, 6) is -0.750. The largest absolute Gasteiger partial charge is 0.493 e. The second kappa shape index (κ2) is 6.66. The summed E-state index contributed by atoms with van der Waals surface area (Å²) in [5, 5.41) is 20.0. The van der Waals surface area contributed by atoms with Gasteiger partial charge < -0.3 is 10.1 Å². The van der Waals surface area contributed by atoms with Crippen LogP contribution in [0.5, 0.6) is 5.88 Å². The second-order valence-corrected chi connectivity index (χ2v) is 8.19. The molecule has 2 N–H and O–H groups in total. The summed E-state index contributed by atoms with van der Waals surface area (Å²) in [6.07, 6.45) is 0. The van der Waals surface area contributed by atoms with Crippen LogP contribution in [0.15, 0.2) is 51.1 Å². The van der Waals surface area contributed by atoms with Crippen LogP contribution < -0.4 is 0 Å². The lowest BCUT2D eigenvalue weighted by Gasteiger charge is -1.93. The lowest BCUT2D eigenvalue weighted by atomic mass is 10.2. The molecule has 0 fully saturated rings. The van der Waals surface area contributed by atoms with E-state index in [9.17, 15) is 9.90 Å². The highest BCUT2D eigenvalue weighted by Gasteiger charge is 2.18. The summed E-state index contributed by atoms with van der Waals surface area (Å²) < 4.78 is 1.61. The molecule has 0 unspecified atom stereocenters. The molecule has 0 radical (unpaired) electrons. The van der Waals surface area contributed by atoms with Gasteiger partial charge in [0.2, 0.25) is 5.88 Å². The van der Waals surface area contributed by atoms with E-state index in [1.807, 2.05) is 6.07 Å². The molecule has 0 atom stereocenters. The van der Waals surface area contributed by atoms with E-state index < -0.39 is 5.91 Å². The summed E-state index contributed by atoms with van der Waals surface area (Å²) in [6.45, 7) is 0. The number of aromatic hydroxyl groups is 1. The maximum Gasteiger partial charge on any atom is 0.307 e. The average Bonchev–Trinajstić information content (AvgIpc) is 3.09. The Morgan fingerprint density at radius 3 is 2.77 bits per heavy atom. The third kappa shape index (κ3) is 3.01. The SMILES string of the molecule is O=C(N=Nc1c(O)[nH]c2ccc(Br)cc12)c1sc2cc(Cl)ccc2c1Cl. The van der Waals surface area contributed by atoms with Crippen molar-refractivity contribution in [2.75, 3.05) is 0 Å². The van der Waals surface area contributed by atoms with Gasteiger partial charge in [-0.15, -0.1) is 21.6 Å². The standard InChI is InChI=1S/C17H8BrCl2N3O2S/c18-7-1-4-11-10(5-7)14(16(24)21-11)22-23-17(25)15-13(20)9-3-2-8(19)6-12(9)26-15/h1-6,21,24H. The van der Waals surface area contributed by atoms with E-state index in [-0.39, 0.29) is 16.4 Å². The Morgan fingerprint density at radius 2 is 1.96 bits per heavy atom. The fraction of sp³-hybridized carbons (Fsp3) is 0. The van der Waals surface area contributed by atoms with Gasteiger partial charge in [-0.25, -0.2) is 0 Å². The molecular weight excluding hydrogens is 461 g/mol. The number of carbonyl (C=O) groups is 1. The zero-order valence-electron chi connectivity index (χ0n) is 12.8. The molecule has 0 aliphatic carbocycles. The molecule has 26 heavy (non-hydrogen) atoms. The Morgan fingerprint density at radius 1 is 1.15 bits per heavy atom. The van der Waals surface area contributed by atoms with Crippen LogP contribution in [0.3, 0.4) is 0 Å². The molecule has 5 nitrogen and oxygen atoms in total. The van der Waals surface area contributed by atoms with Gasteiger partial charge in [-0.1, -0.05) is 45.2 Å². The maximum atomic E-state index is 12.5. The van der Waals surface area contributed by atoms with E-state index >= 15 is 0 Å². The summed E-state index contributed by atoms with van der Waals surface area (Å²) in [6, 6.07) is 10.6. The van der Waals surface area contributed by atoms with Crippen molar-refractivity contribution in [3.8, 4) is 5.88 Å². The van der Waals surface area contributed by atoms with E-state index in [4.69, 9.17) is 23.2 Å². The molecule has 4 aromatic rings.